The molecule has 0 radical (unpaired) electrons. The van der Waals surface area contributed by atoms with Gasteiger partial charge in [-0.25, -0.2) is 0 Å². The topological polar surface area (TPSA) is 76.1 Å². The summed E-state index contributed by atoms with van der Waals surface area (Å²) in [7, 11) is 2.09. The van der Waals surface area contributed by atoms with Crippen molar-refractivity contribution in [2.45, 2.75) is 62.9 Å². The van der Waals surface area contributed by atoms with E-state index in [1.54, 1.807) is 0 Å². The monoisotopic (exact) mass is 448 g/mol. The Kier molecular flexibility index (Phi) is 7.16. The molecule has 3 unspecified atom stereocenters. The summed E-state index contributed by atoms with van der Waals surface area (Å²) < 4.78 is 0. The van der Waals surface area contributed by atoms with E-state index in [1.807, 2.05) is 29.2 Å². The highest BCUT2D eigenvalue weighted by Gasteiger charge is 2.45. The van der Waals surface area contributed by atoms with E-state index in [4.69, 9.17) is 11.6 Å². The lowest BCUT2D eigenvalue weighted by atomic mass is 10.0. The molecule has 0 spiro atoms. The molecule has 7 nitrogen and oxygen atoms in total. The van der Waals surface area contributed by atoms with E-state index in [0.29, 0.717) is 50.5 Å². The fraction of sp³-hybridized carbons (Fsp3) is 0.652. The van der Waals surface area contributed by atoms with Gasteiger partial charge in [-0.15, -0.1) is 0 Å². The minimum Gasteiger partial charge on any atom is -0.393 e. The number of amides is 2. The van der Waals surface area contributed by atoms with Gasteiger partial charge in [-0.3, -0.25) is 19.4 Å². The summed E-state index contributed by atoms with van der Waals surface area (Å²) in [5.41, 5.74) is 1.11. The number of nitrogens with zero attached hydrogens (tertiary/aromatic N) is 3. The number of aliphatic hydroxyl groups is 1. The van der Waals surface area contributed by atoms with Crippen LogP contribution in [0.25, 0.3) is 0 Å². The third-order valence-electron chi connectivity index (χ3n) is 7.13. The molecule has 0 saturated carbocycles. The van der Waals surface area contributed by atoms with Crippen molar-refractivity contribution >= 4 is 23.4 Å². The Morgan fingerprint density at radius 2 is 2.00 bits per heavy atom. The molecule has 3 fully saturated rings. The third kappa shape index (κ3) is 5.22. The van der Waals surface area contributed by atoms with Crippen LogP contribution < -0.4 is 5.32 Å². The van der Waals surface area contributed by atoms with Crippen LogP contribution in [0.5, 0.6) is 0 Å². The number of halogens is 1. The first-order chi connectivity index (χ1) is 14.9. The molecule has 2 N–H and O–H groups in total. The Hall–Kier alpha value is -1.67. The number of carbonyl (C=O) groups is 2. The van der Waals surface area contributed by atoms with Crippen molar-refractivity contribution in [2.75, 3.05) is 33.2 Å². The number of nitrogens with one attached hydrogen (secondary N) is 1. The molecule has 170 valence electrons. The fourth-order valence-corrected chi connectivity index (χ4v) is 5.47. The van der Waals surface area contributed by atoms with Gasteiger partial charge in [0.1, 0.15) is 6.04 Å². The Morgan fingerprint density at radius 3 is 2.74 bits per heavy atom. The average molecular weight is 449 g/mol. The largest absolute Gasteiger partial charge is 0.393 e. The van der Waals surface area contributed by atoms with Gasteiger partial charge < -0.3 is 15.3 Å². The number of carbonyl (C=O) groups excluding carboxylic acids is 2. The minimum absolute atomic E-state index is 0.0789. The van der Waals surface area contributed by atoms with Gasteiger partial charge in [0.25, 0.3) is 0 Å². The third-order valence-corrected chi connectivity index (χ3v) is 7.37. The number of hydrogen-bond donors (Lipinski definition) is 2. The Balaban J connectivity index is 1.36. The summed E-state index contributed by atoms with van der Waals surface area (Å²) in [4.78, 5) is 32.0. The molecule has 4 rings (SSSR count). The summed E-state index contributed by atoms with van der Waals surface area (Å²) in [5.74, 6) is 0.233. The average Bonchev–Trinajstić information content (AvgIpc) is 3.12. The van der Waals surface area contributed by atoms with Crippen molar-refractivity contribution in [1.82, 2.24) is 20.0 Å². The molecule has 3 saturated heterocycles. The number of likely N-dealkylation sites (tertiary alicyclic amines) is 2. The molecule has 3 heterocycles. The van der Waals surface area contributed by atoms with E-state index in [0.717, 1.165) is 24.9 Å². The SMILES string of the molecule is CN1C(CCC(=O)N2CCC(O)CC2)CNC(=O)C2C1CCN2Cc1cccc(Cl)c1. The fourth-order valence-electron chi connectivity index (χ4n) is 5.26. The second-order valence-electron chi connectivity index (χ2n) is 9.12. The highest BCUT2D eigenvalue weighted by atomic mass is 35.5. The van der Waals surface area contributed by atoms with E-state index >= 15 is 0 Å². The van der Waals surface area contributed by atoms with Crippen LogP contribution in [0.15, 0.2) is 24.3 Å². The molecule has 0 bridgehead atoms. The van der Waals surface area contributed by atoms with Crippen LogP contribution in [0.2, 0.25) is 5.02 Å². The summed E-state index contributed by atoms with van der Waals surface area (Å²) >= 11 is 6.14. The Bertz CT molecular complexity index is 799. The van der Waals surface area contributed by atoms with Gasteiger partial charge in [0.15, 0.2) is 0 Å². The molecule has 0 aliphatic carbocycles. The van der Waals surface area contributed by atoms with E-state index < -0.39 is 0 Å². The van der Waals surface area contributed by atoms with Gasteiger partial charge in [-0.05, 0) is 50.4 Å². The summed E-state index contributed by atoms with van der Waals surface area (Å²) in [6, 6.07) is 7.92. The van der Waals surface area contributed by atoms with Crippen LogP contribution in [0.1, 0.15) is 37.7 Å². The molecular weight excluding hydrogens is 416 g/mol. The van der Waals surface area contributed by atoms with Crippen molar-refractivity contribution in [3.63, 3.8) is 0 Å². The lowest BCUT2D eigenvalue weighted by Crippen LogP contribution is -2.49. The van der Waals surface area contributed by atoms with Gasteiger partial charge in [0.05, 0.1) is 6.10 Å². The summed E-state index contributed by atoms with van der Waals surface area (Å²) in [6.07, 6.45) is 3.19. The van der Waals surface area contributed by atoms with E-state index in [1.165, 1.54) is 0 Å². The number of benzene rings is 1. The maximum Gasteiger partial charge on any atom is 0.239 e. The van der Waals surface area contributed by atoms with Gasteiger partial charge in [0.2, 0.25) is 11.8 Å². The van der Waals surface area contributed by atoms with Crippen molar-refractivity contribution in [2.24, 2.45) is 0 Å². The molecule has 1 aromatic rings. The smallest absolute Gasteiger partial charge is 0.239 e. The molecule has 31 heavy (non-hydrogen) atoms. The number of aliphatic hydroxyl groups excluding tert-OH is 1. The van der Waals surface area contributed by atoms with Crippen LogP contribution in [0.4, 0.5) is 0 Å². The maximum absolute atomic E-state index is 13.0. The first-order valence-electron chi connectivity index (χ1n) is 11.4. The van der Waals surface area contributed by atoms with E-state index in [9.17, 15) is 14.7 Å². The molecule has 2 amide bonds. The van der Waals surface area contributed by atoms with Crippen molar-refractivity contribution in [3.8, 4) is 0 Å². The predicted octanol–water partition coefficient (Wildman–Crippen LogP) is 1.48. The standard InChI is InChI=1S/C23H33ClN4O3/c1-26-18(5-6-21(30)27-10-7-19(29)8-11-27)14-25-23(31)22-20(26)9-12-28(22)15-16-3-2-4-17(24)13-16/h2-4,13,18-20,22,29H,5-12,14-15H2,1H3,(H,25,31). The number of piperidine rings is 1. The summed E-state index contributed by atoms with van der Waals surface area (Å²) in [5, 5.41) is 13.5. The second kappa shape index (κ2) is 9.86. The number of rotatable bonds is 5. The molecular formula is C23H33ClN4O3. The van der Waals surface area contributed by atoms with E-state index in [2.05, 4.69) is 22.2 Å². The summed E-state index contributed by atoms with van der Waals surface area (Å²) in [6.45, 7) is 3.41. The lowest BCUT2D eigenvalue weighted by Gasteiger charge is -2.34. The zero-order chi connectivity index (χ0) is 22.0. The normalized spacial score (nSPS) is 28.3. The van der Waals surface area contributed by atoms with Crippen LogP contribution in [-0.4, -0.2) is 89.1 Å². The first kappa shape index (κ1) is 22.5. The van der Waals surface area contributed by atoms with Crippen LogP contribution in [-0.2, 0) is 16.1 Å². The molecule has 3 aliphatic heterocycles. The highest BCUT2D eigenvalue weighted by Crippen LogP contribution is 2.29. The quantitative estimate of drug-likeness (QED) is 0.713. The molecule has 3 atom stereocenters. The van der Waals surface area contributed by atoms with Gasteiger partial charge >= 0.3 is 0 Å². The molecule has 3 aliphatic rings. The first-order valence-corrected chi connectivity index (χ1v) is 11.7. The van der Waals surface area contributed by atoms with Gasteiger partial charge in [-0.2, -0.15) is 0 Å². The molecule has 1 aromatic carbocycles. The minimum atomic E-state index is -0.276. The maximum atomic E-state index is 13.0. The van der Waals surface area contributed by atoms with Crippen LogP contribution in [0.3, 0.4) is 0 Å². The second-order valence-corrected chi connectivity index (χ2v) is 9.55. The van der Waals surface area contributed by atoms with E-state index in [-0.39, 0.29) is 36.0 Å². The van der Waals surface area contributed by atoms with Crippen molar-refractivity contribution in [3.05, 3.63) is 34.9 Å². The van der Waals surface area contributed by atoms with Gasteiger partial charge in [0, 0.05) is 56.3 Å². The highest BCUT2D eigenvalue weighted by molar-refractivity contribution is 6.30. The Morgan fingerprint density at radius 1 is 1.23 bits per heavy atom. The number of hydrogen-bond acceptors (Lipinski definition) is 5. The zero-order valence-electron chi connectivity index (χ0n) is 18.2. The van der Waals surface area contributed by atoms with Gasteiger partial charge in [-0.1, -0.05) is 23.7 Å². The van der Waals surface area contributed by atoms with Crippen molar-refractivity contribution < 1.29 is 14.7 Å². The molecule has 0 aromatic heterocycles. The lowest BCUT2D eigenvalue weighted by molar-refractivity contribution is -0.133. The van der Waals surface area contributed by atoms with Crippen molar-refractivity contribution in [1.29, 1.82) is 0 Å². The molecule has 8 heteroatoms. The zero-order valence-corrected chi connectivity index (χ0v) is 18.9. The number of likely N-dealkylation sites (N-methyl/N-ethyl adjacent to an activating group) is 1. The predicted molar refractivity (Wildman–Crippen MR) is 120 cm³/mol. The van der Waals surface area contributed by atoms with Crippen LogP contribution >= 0.6 is 11.6 Å². The van der Waals surface area contributed by atoms with Crippen LogP contribution in [0, 0.1) is 0 Å². The number of fused-ring (bicyclic) bond motifs is 1. The Labute approximate surface area is 189 Å².